The SMILES string of the molecule is Cc1cccc(C(C)Nc2ncnc3[nH]ncc23)c1C. The van der Waals surface area contributed by atoms with Crippen molar-refractivity contribution in [2.45, 2.75) is 26.8 Å². The first-order valence-electron chi connectivity index (χ1n) is 6.63. The van der Waals surface area contributed by atoms with Gasteiger partial charge in [0.15, 0.2) is 5.65 Å². The molecule has 1 unspecified atom stereocenters. The smallest absolute Gasteiger partial charge is 0.160 e. The molecular weight excluding hydrogens is 250 g/mol. The minimum Gasteiger partial charge on any atom is -0.363 e. The third-order valence-electron chi connectivity index (χ3n) is 3.71. The first kappa shape index (κ1) is 12.6. The molecule has 0 aliphatic carbocycles. The highest BCUT2D eigenvalue weighted by atomic mass is 15.2. The van der Waals surface area contributed by atoms with Crippen molar-refractivity contribution >= 4 is 16.9 Å². The summed E-state index contributed by atoms with van der Waals surface area (Å²) in [5.41, 5.74) is 4.63. The Morgan fingerprint density at radius 1 is 1.20 bits per heavy atom. The highest BCUT2D eigenvalue weighted by molar-refractivity contribution is 5.85. The van der Waals surface area contributed by atoms with Crippen LogP contribution in [0.3, 0.4) is 0 Å². The second kappa shape index (κ2) is 4.92. The lowest BCUT2D eigenvalue weighted by molar-refractivity contribution is 0.863. The van der Waals surface area contributed by atoms with Crippen molar-refractivity contribution < 1.29 is 0 Å². The Hall–Kier alpha value is -2.43. The maximum absolute atomic E-state index is 4.31. The van der Waals surface area contributed by atoms with Crippen LogP contribution in [0.5, 0.6) is 0 Å². The van der Waals surface area contributed by atoms with Crippen molar-refractivity contribution in [3.05, 3.63) is 47.4 Å². The topological polar surface area (TPSA) is 66.5 Å². The van der Waals surface area contributed by atoms with Crippen molar-refractivity contribution in [2.24, 2.45) is 0 Å². The molecule has 0 amide bonds. The Balaban J connectivity index is 1.94. The fraction of sp³-hybridized carbons (Fsp3) is 0.267. The molecule has 0 spiro atoms. The molecular formula is C15H17N5. The number of nitrogens with zero attached hydrogens (tertiary/aromatic N) is 3. The summed E-state index contributed by atoms with van der Waals surface area (Å²) in [6.07, 6.45) is 3.28. The number of fused-ring (bicyclic) bond motifs is 1. The van der Waals surface area contributed by atoms with Crippen LogP contribution < -0.4 is 5.32 Å². The van der Waals surface area contributed by atoms with E-state index in [-0.39, 0.29) is 6.04 Å². The number of hydrogen-bond acceptors (Lipinski definition) is 4. The summed E-state index contributed by atoms with van der Waals surface area (Å²) < 4.78 is 0. The van der Waals surface area contributed by atoms with Crippen LogP contribution in [0.15, 0.2) is 30.7 Å². The van der Waals surface area contributed by atoms with Gasteiger partial charge in [-0.2, -0.15) is 5.10 Å². The number of aryl methyl sites for hydroxylation is 1. The van der Waals surface area contributed by atoms with Crippen LogP contribution in [0.1, 0.15) is 29.7 Å². The molecule has 5 heteroatoms. The Kier molecular flexibility index (Phi) is 3.10. The van der Waals surface area contributed by atoms with E-state index in [1.54, 1.807) is 12.5 Å². The van der Waals surface area contributed by atoms with E-state index in [0.717, 1.165) is 16.9 Å². The molecule has 3 rings (SSSR count). The zero-order valence-corrected chi connectivity index (χ0v) is 11.8. The van der Waals surface area contributed by atoms with Gasteiger partial charge in [0, 0.05) is 0 Å². The number of benzene rings is 1. The van der Waals surface area contributed by atoms with E-state index in [1.165, 1.54) is 16.7 Å². The van der Waals surface area contributed by atoms with Crippen LogP contribution in [0.25, 0.3) is 11.0 Å². The first-order chi connectivity index (χ1) is 9.66. The van der Waals surface area contributed by atoms with Crippen molar-refractivity contribution in [3.63, 3.8) is 0 Å². The van der Waals surface area contributed by atoms with Crippen LogP contribution in [0, 0.1) is 13.8 Å². The van der Waals surface area contributed by atoms with E-state index in [1.807, 2.05) is 0 Å². The van der Waals surface area contributed by atoms with Crippen molar-refractivity contribution in [1.29, 1.82) is 0 Å². The zero-order valence-electron chi connectivity index (χ0n) is 11.8. The second-order valence-corrected chi connectivity index (χ2v) is 5.01. The van der Waals surface area contributed by atoms with Gasteiger partial charge in [0.25, 0.3) is 0 Å². The van der Waals surface area contributed by atoms with E-state index in [4.69, 9.17) is 0 Å². The highest BCUT2D eigenvalue weighted by Gasteiger charge is 2.12. The molecule has 0 aliphatic heterocycles. The van der Waals surface area contributed by atoms with Gasteiger partial charge < -0.3 is 5.32 Å². The molecule has 2 N–H and O–H groups in total. The molecule has 0 bridgehead atoms. The zero-order chi connectivity index (χ0) is 14.1. The number of aromatic nitrogens is 4. The third kappa shape index (κ3) is 2.11. The Bertz CT molecular complexity index is 747. The summed E-state index contributed by atoms with van der Waals surface area (Å²) in [4.78, 5) is 8.46. The number of hydrogen-bond donors (Lipinski definition) is 2. The standard InChI is InChI=1S/C15H17N5/c1-9-5-4-6-12(10(9)2)11(3)19-14-13-7-18-20-15(13)17-8-16-14/h4-8,11H,1-3H3,(H2,16,17,18,19,20). The molecule has 0 saturated heterocycles. The normalized spacial score (nSPS) is 12.6. The largest absolute Gasteiger partial charge is 0.363 e. The van der Waals surface area contributed by atoms with E-state index in [0.29, 0.717) is 0 Å². The van der Waals surface area contributed by atoms with Gasteiger partial charge in [0.2, 0.25) is 0 Å². The molecule has 0 radical (unpaired) electrons. The third-order valence-corrected chi connectivity index (χ3v) is 3.71. The maximum Gasteiger partial charge on any atom is 0.160 e. The molecule has 1 aromatic carbocycles. The van der Waals surface area contributed by atoms with Gasteiger partial charge in [0.1, 0.15) is 12.1 Å². The molecule has 1 atom stereocenters. The summed E-state index contributed by atoms with van der Waals surface area (Å²) in [6, 6.07) is 6.53. The lowest BCUT2D eigenvalue weighted by atomic mass is 9.98. The minimum atomic E-state index is 0.169. The van der Waals surface area contributed by atoms with Gasteiger partial charge in [-0.15, -0.1) is 0 Å². The predicted molar refractivity (Wildman–Crippen MR) is 79.6 cm³/mol. The number of rotatable bonds is 3. The van der Waals surface area contributed by atoms with E-state index in [9.17, 15) is 0 Å². The molecule has 5 nitrogen and oxygen atoms in total. The average Bonchev–Trinajstić information content (AvgIpc) is 2.91. The molecule has 2 aromatic heterocycles. The Morgan fingerprint density at radius 3 is 2.90 bits per heavy atom. The molecule has 102 valence electrons. The summed E-state index contributed by atoms with van der Waals surface area (Å²) >= 11 is 0. The number of H-pyrrole nitrogens is 1. The van der Waals surface area contributed by atoms with Crippen LogP contribution in [-0.4, -0.2) is 20.2 Å². The second-order valence-electron chi connectivity index (χ2n) is 5.01. The summed E-state index contributed by atoms with van der Waals surface area (Å²) in [5.74, 6) is 0.803. The number of anilines is 1. The fourth-order valence-electron chi connectivity index (χ4n) is 2.41. The fourth-order valence-corrected chi connectivity index (χ4v) is 2.41. The summed E-state index contributed by atoms with van der Waals surface area (Å²) in [6.45, 7) is 6.41. The predicted octanol–water partition coefficient (Wildman–Crippen LogP) is 3.14. The molecule has 0 fully saturated rings. The van der Waals surface area contributed by atoms with Crippen molar-refractivity contribution in [2.75, 3.05) is 5.32 Å². The monoisotopic (exact) mass is 267 g/mol. The molecule has 0 saturated carbocycles. The maximum atomic E-state index is 4.31. The Morgan fingerprint density at radius 2 is 2.05 bits per heavy atom. The Labute approximate surface area is 117 Å². The molecule has 2 heterocycles. The lowest BCUT2D eigenvalue weighted by Crippen LogP contribution is -2.10. The van der Waals surface area contributed by atoms with Gasteiger partial charge >= 0.3 is 0 Å². The van der Waals surface area contributed by atoms with E-state index < -0.39 is 0 Å². The minimum absolute atomic E-state index is 0.169. The van der Waals surface area contributed by atoms with Crippen LogP contribution >= 0.6 is 0 Å². The lowest BCUT2D eigenvalue weighted by Gasteiger charge is -2.18. The molecule has 3 aromatic rings. The highest BCUT2D eigenvalue weighted by Crippen LogP contribution is 2.25. The van der Waals surface area contributed by atoms with Gasteiger partial charge in [0.05, 0.1) is 17.6 Å². The van der Waals surface area contributed by atoms with Gasteiger partial charge in [-0.3, -0.25) is 5.10 Å². The quantitative estimate of drug-likeness (QED) is 0.765. The van der Waals surface area contributed by atoms with Crippen molar-refractivity contribution in [3.8, 4) is 0 Å². The summed E-state index contributed by atoms with van der Waals surface area (Å²) in [7, 11) is 0. The van der Waals surface area contributed by atoms with Gasteiger partial charge in [-0.1, -0.05) is 18.2 Å². The molecule has 20 heavy (non-hydrogen) atoms. The van der Waals surface area contributed by atoms with Gasteiger partial charge in [-0.25, -0.2) is 9.97 Å². The van der Waals surface area contributed by atoms with Crippen LogP contribution in [-0.2, 0) is 0 Å². The number of nitrogens with one attached hydrogen (secondary N) is 2. The molecule has 0 aliphatic rings. The average molecular weight is 267 g/mol. The van der Waals surface area contributed by atoms with Gasteiger partial charge in [-0.05, 0) is 37.5 Å². The first-order valence-corrected chi connectivity index (χ1v) is 6.63. The van der Waals surface area contributed by atoms with E-state index >= 15 is 0 Å². The van der Waals surface area contributed by atoms with E-state index in [2.05, 4.69) is 64.5 Å². The summed E-state index contributed by atoms with van der Waals surface area (Å²) in [5, 5.41) is 11.2. The van der Waals surface area contributed by atoms with Crippen molar-refractivity contribution in [1.82, 2.24) is 20.2 Å². The number of aromatic amines is 1. The van der Waals surface area contributed by atoms with Crippen LogP contribution in [0.4, 0.5) is 5.82 Å². The van der Waals surface area contributed by atoms with Crippen LogP contribution in [0.2, 0.25) is 0 Å².